The second-order valence-corrected chi connectivity index (χ2v) is 5.85. The van der Waals surface area contributed by atoms with Crippen LogP contribution in [0.5, 0.6) is 0 Å². The summed E-state index contributed by atoms with van der Waals surface area (Å²) < 4.78 is 3.52. The standard InChI is InChI=1S/C16H14N6/c1-21-15-13(8-18-21)16-19-14(20-22(16)9-17-15)12-7-11(12)10-5-3-2-4-6-10/h2-6,8-9,11-12H,7H2,1H3/t11-,12-/m1/s1. The Morgan fingerprint density at radius 3 is 2.82 bits per heavy atom. The summed E-state index contributed by atoms with van der Waals surface area (Å²) in [6, 6.07) is 10.6. The molecule has 22 heavy (non-hydrogen) atoms. The molecule has 1 aliphatic rings. The second kappa shape index (κ2) is 4.13. The second-order valence-electron chi connectivity index (χ2n) is 5.85. The first-order chi connectivity index (χ1) is 10.8. The number of aryl methyl sites for hydroxylation is 1. The summed E-state index contributed by atoms with van der Waals surface area (Å²) in [5.74, 6) is 1.86. The van der Waals surface area contributed by atoms with Gasteiger partial charge in [0.1, 0.15) is 6.33 Å². The fourth-order valence-electron chi connectivity index (χ4n) is 3.16. The van der Waals surface area contributed by atoms with Crippen molar-refractivity contribution >= 4 is 16.7 Å². The third kappa shape index (κ3) is 1.60. The van der Waals surface area contributed by atoms with Crippen LogP contribution >= 0.6 is 0 Å². The van der Waals surface area contributed by atoms with Crippen LogP contribution in [0.25, 0.3) is 16.7 Å². The molecule has 3 aromatic heterocycles. The zero-order valence-electron chi connectivity index (χ0n) is 12.1. The lowest BCUT2D eigenvalue weighted by molar-refractivity contribution is 0.781. The molecule has 0 amide bonds. The van der Waals surface area contributed by atoms with Crippen LogP contribution in [0.3, 0.4) is 0 Å². The molecule has 1 aromatic carbocycles. The molecule has 108 valence electrons. The Balaban J connectivity index is 1.58. The van der Waals surface area contributed by atoms with Gasteiger partial charge in [-0.2, -0.15) is 5.10 Å². The molecule has 1 fully saturated rings. The lowest BCUT2D eigenvalue weighted by Crippen LogP contribution is -1.95. The van der Waals surface area contributed by atoms with Gasteiger partial charge in [-0.15, -0.1) is 5.10 Å². The number of rotatable bonds is 2. The van der Waals surface area contributed by atoms with Gasteiger partial charge < -0.3 is 0 Å². The lowest BCUT2D eigenvalue weighted by Gasteiger charge is -1.96. The molecule has 1 saturated carbocycles. The van der Waals surface area contributed by atoms with E-state index in [-0.39, 0.29) is 0 Å². The number of hydrogen-bond donors (Lipinski definition) is 0. The number of fused-ring (bicyclic) bond motifs is 3. The van der Waals surface area contributed by atoms with Crippen molar-refractivity contribution in [3.63, 3.8) is 0 Å². The number of benzene rings is 1. The molecular weight excluding hydrogens is 276 g/mol. The van der Waals surface area contributed by atoms with Gasteiger partial charge in [-0.25, -0.2) is 14.5 Å². The first-order valence-electron chi connectivity index (χ1n) is 7.39. The van der Waals surface area contributed by atoms with E-state index in [1.807, 2.05) is 7.05 Å². The number of hydrogen-bond acceptors (Lipinski definition) is 4. The Bertz CT molecular complexity index is 984. The van der Waals surface area contributed by atoms with Crippen molar-refractivity contribution in [1.29, 1.82) is 0 Å². The van der Waals surface area contributed by atoms with Gasteiger partial charge in [0, 0.05) is 13.0 Å². The predicted octanol–water partition coefficient (Wildman–Crippen LogP) is 2.28. The Kier molecular flexibility index (Phi) is 2.22. The number of aromatic nitrogens is 6. The third-order valence-electron chi connectivity index (χ3n) is 4.44. The first-order valence-corrected chi connectivity index (χ1v) is 7.39. The van der Waals surface area contributed by atoms with E-state index in [0.29, 0.717) is 11.8 Å². The largest absolute Gasteiger partial charge is 0.250 e. The monoisotopic (exact) mass is 290 g/mol. The van der Waals surface area contributed by atoms with E-state index in [9.17, 15) is 0 Å². The highest BCUT2D eigenvalue weighted by atomic mass is 15.3. The van der Waals surface area contributed by atoms with Crippen molar-refractivity contribution in [2.24, 2.45) is 7.05 Å². The Hall–Kier alpha value is -2.76. The highest BCUT2D eigenvalue weighted by Gasteiger charge is 2.42. The normalized spacial score (nSPS) is 20.8. The zero-order valence-corrected chi connectivity index (χ0v) is 12.1. The molecule has 3 heterocycles. The highest BCUT2D eigenvalue weighted by Crippen LogP contribution is 2.53. The molecule has 5 rings (SSSR count). The molecule has 0 N–H and O–H groups in total. The van der Waals surface area contributed by atoms with Crippen LogP contribution in [-0.4, -0.2) is 29.4 Å². The van der Waals surface area contributed by atoms with Gasteiger partial charge in [0.2, 0.25) is 0 Å². The molecule has 4 aromatic rings. The summed E-state index contributed by atoms with van der Waals surface area (Å²) in [4.78, 5) is 9.15. The summed E-state index contributed by atoms with van der Waals surface area (Å²) in [6.07, 6.45) is 4.64. The van der Waals surface area contributed by atoms with Gasteiger partial charge in [0.05, 0.1) is 11.6 Å². The molecule has 6 heteroatoms. The smallest absolute Gasteiger partial charge is 0.170 e. The predicted molar refractivity (Wildman–Crippen MR) is 81.6 cm³/mol. The Morgan fingerprint density at radius 2 is 1.95 bits per heavy atom. The molecule has 6 nitrogen and oxygen atoms in total. The van der Waals surface area contributed by atoms with E-state index in [2.05, 4.69) is 45.5 Å². The minimum atomic E-state index is 0.411. The van der Waals surface area contributed by atoms with E-state index in [4.69, 9.17) is 4.98 Å². The van der Waals surface area contributed by atoms with Crippen molar-refractivity contribution < 1.29 is 0 Å². The van der Waals surface area contributed by atoms with E-state index < -0.39 is 0 Å². The van der Waals surface area contributed by atoms with Gasteiger partial charge in [-0.05, 0) is 17.9 Å². The summed E-state index contributed by atoms with van der Waals surface area (Å²) in [6.45, 7) is 0. The molecule has 0 aliphatic heterocycles. The Morgan fingerprint density at radius 1 is 1.09 bits per heavy atom. The van der Waals surface area contributed by atoms with Crippen molar-refractivity contribution in [2.45, 2.75) is 18.3 Å². The van der Waals surface area contributed by atoms with Crippen LogP contribution in [0.1, 0.15) is 29.6 Å². The lowest BCUT2D eigenvalue weighted by atomic mass is 10.1. The van der Waals surface area contributed by atoms with Crippen LogP contribution in [0.4, 0.5) is 0 Å². The summed E-state index contributed by atoms with van der Waals surface area (Å²) in [5.41, 5.74) is 3.05. The van der Waals surface area contributed by atoms with Crippen molar-refractivity contribution in [3.8, 4) is 0 Å². The topological polar surface area (TPSA) is 60.9 Å². The summed E-state index contributed by atoms with van der Waals surface area (Å²) in [5, 5.41) is 9.81. The maximum atomic E-state index is 4.75. The zero-order chi connectivity index (χ0) is 14.7. The van der Waals surface area contributed by atoms with Gasteiger partial charge in [-0.3, -0.25) is 4.68 Å². The minimum Gasteiger partial charge on any atom is -0.250 e. The van der Waals surface area contributed by atoms with E-state index in [1.165, 1.54) is 5.56 Å². The molecule has 0 unspecified atom stereocenters. The van der Waals surface area contributed by atoms with Crippen LogP contribution in [-0.2, 0) is 7.05 Å². The number of nitrogens with zero attached hydrogens (tertiary/aromatic N) is 6. The average molecular weight is 290 g/mol. The molecule has 2 atom stereocenters. The van der Waals surface area contributed by atoms with Crippen LogP contribution < -0.4 is 0 Å². The molecule has 0 radical (unpaired) electrons. The van der Waals surface area contributed by atoms with Crippen molar-refractivity contribution in [3.05, 3.63) is 54.2 Å². The minimum absolute atomic E-state index is 0.411. The molecule has 0 saturated heterocycles. The molecule has 0 bridgehead atoms. The maximum Gasteiger partial charge on any atom is 0.170 e. The molecule has 1 aliphatic carbocycles. The van der Waals surface area contributed by atoms with Crippen LogP contribution in [0.15, 0.2) is 42.9 Å². The van der Waals surface area contributed by atoms with E-state index in [1.54, 1.807) is 21.7 Å². The first kappa shape index (κ1) is 11.9. The van der Waals surface area contributed by atoms with Gasteiger partial charge in [-0.1, -0.05) is 30.3 Å². The average Bonchev–Trinajstić information content (AvgIpc) is 3.09. The Labute approximate surface area is 126 Å². The quantitative estimate of drug-likeness (QED) is 0.568. The SMILES string of the molecule is Cn1ncc2c1ncn1nc([C@@H]3C[C@@H]3c3ccccc3)nc21. The molecular formula is C16H14N6. The van der Waals surface area contributed by atoms with Crippen molar-refractivity contribution in [2.75, 3.05) is 0 Å². The highest BCUT2D eigenvalue weighted by molar-refractivity contribution is 5.88. The van der Waals surface area contributed by atoms with E-state index >= 15 is 0 Å². The maximum absolute atomic E-state index is 4.75. The van der Waals surface area contributed by atoms with Crippen LogP contribution in [0.2, 0.25) is 0 Å². The van der Waals surface area contributed by atoms with Gasteiger partial charge >= 0.3 is 0 Å². The fourth-order valence-corrected chi connectivity index (χ4v) is 3.16. The third-order valence-corrected chi connectivity index (χ3v) is 4.44. The van der Waals surface area contributed by atoms with E-state index in [0.717, 1.165) is 28.9 Å². The summed E-state index contributed by atoms with van der Waals surface area (Å²) >= 11 is 0. The van der Waals surface area contributed by atoms with Gasteiger partial charge in [0.15, 0.2) is 17.1 Å². The van der Waals surface area contributed by atoms with Crippen molar-refractivity contribution in [1.82, 2.24) is 29.4 Å². The van der Waals surface area contributed by atoms with Gasteiger partial charge in [0.25, 0.3) is 0 Å². The van der Waals surface area contributed by atoms with Crippen LogP contribution in [0, 0.1) is 0 Å². The summed E-state index contributed by atoms with van der Waals surface area (Å²) in [7, 11) is 1.88. The fraction of sp³-hybridized carbons (Fsp3) is 0.250. The molecule has 0 spiro atoms.